The second-order valence-corrected chi connectivity index (χ2v) is 7.10. The van der Waals surface area contributed by atoms with Crippen molar-refractivity contribution in [2.24, 2.45) is 0 Å². The fourth-order valence-electron chi connectivity index (χ4n) is 4.45. The summed E-state index contributed by atoms with van der Waals surface area (Å²) in [5, 5.41) is 0. The average molecular weight is 331 g/mol. The highest BCUT2D eigenvalue weighted by molar-refractivity contribution is 5.96. The van der Waals surface area contributed by atoms with E-state index in [9.17, 15) is 9.59 Å². The summed E-state index contributed by atoms with van der Waals surface area (Å²) < 4.78 is 7.89. The van der Waals surface area contributed by atoms with Crippen molar-refractivity contribution in [3.8, 4) is 5.75 Å². The van der Waals surface area contributed by atoms with E-state index in [-0.39, 0.29) is 29.3 Å². The fourth-order valence-corrected chi connectivity index (χ4v) is 4.45. The number of rotatable bonds is 4. The summed E-state index contributed by atoms with van der Waals surface area (Å²) in [6, 6.07) is 1.91. The third-order valence-corrected chi connectivity index (χ3v) is 5.55. The Balaban J connectivity index is 1.83. The molecule has 130 valence electrons. The number of amides is 1. The molecule has 6 heteroatoms. The minimum Gasteiger partial charge on any atom is -0.487 e. The number of aromatic nitrogens is 1. The molecule has 4 rings (SSSR count). The first-order chi connectivity index (χ1) is 11.6. The number of pyridine rings is 1. The van der Waals surface area contributed by atoms with Crippen LogP contribution in [0.25, 0.3) is 0 Å². The molecule has 6 nitrogen and oxygen atoms in total. The third-order valence-electron chi connectivity index (χ3n) is 5.55. The second kappa shape index (κ2) is 5.92. The van der Waals surface area contributed by atoms with Gasteiger partial charge in [-0.05, 0) is 32.7 Å². The molecule has 24 heavy (non-hydrogen) atoms. The van der Waals surface area contributed by atoms with Crippen LogP contribution in [0.5, 0.6) is 5.75 Å². The molecule has 1 amide bonds. The molecule has 0 spiro atoms. The Morgan fingerprint density at radius 3 is 2.92 bits per heavy atom. The van der Waals surface area contributed by atoms with Crippen molar-refractivity contribution in [1.29, 1.82) is 0 Å². The summed E-state index contributed by atoms with van der Waals surface area (Å²) in [6.07, 6.45) is 4.79. The minimum absolute atomic E-state index is 0.0462. The van der Waals surface area contributed by atoms with Crippen LogP contribution in [0, 0.1) is 0 Å². The van der Waals surface area contributed by atoms with Gasteiger partial charge in [0, 0.05) is 24.8 Å². The number of hydrogen-bond acceptors (Lipinski definition) is 4. The Morgan fingerprint density at radius 1 is 1.29 bits per heavy atom. The number of hydrogen-bond donors (Lipinski definition) is 0. The number of nitrogens with zero attached hydrogens (tertiary/aromatic N) is 3. The van der Waals surface area contributed by atoms with Crippen LogP contribution in [0.2, 0.25) is 0 Å². The molecule has 2 atom stereocenters. The summed E-state index contributed by atoms with van der Waals surface area (Å²) in [4.78, 5) is 29.9. The molecule has 2 unspecified atom stereocenters. The standard InChI is InChI=1S/C18H25N3O3/c1-3-4-10-24-16-14(22)11-12-6-7-13-17-19(2)8-5-9-20(17)18(23)15(16)21(12)13/h11,13,17H,3-10H2,1-2H3. The van der Waals surface area contributed by atoms with Gasteiger partial charge in [0.15, 0.2) is 11.4 Å². The van der Waals surface area contributed by atoms with Crippen LogP contribution in [0.15, 0.2) is 10.9 Å². The highest BCUT2D eigenvalue weighted by Gasteiger charge is 2.47. The molecule has 0 radical (unpaired) electrons. The van der Waals surface area contributed by atoms with Crippen LogP contribution >= 0.6 is 0 Å². The molecule has 1 saturated heterocycles. The van der Waals surface area contributed by atoms with Crippen LogP contribution < -0.4 is 10.2 Å². The maximum absolute atomic E-state index is 13.2. The van der Waals surface area contributed by atoms with Crippen LogP contribution in [-0.2, 0) is 6.42 Å². The fraction of sp³-hybridized carbons (Fsp3) is 0.667. The molecular weight excluding hydrogens is 306 g/mol. The third kappa shape index (κ3) is 2.19. The van der Waals surface area contributed by atoms with Gasteiger partial charge in [-0.3, -0.25) is 14.5 Å². The molecule has 3 aliphatic rings. The van der Waals surface area contributed by atoms with Crippen LogP contribution in [0.4, 0.5) is 0 Å². The monoisotopic (exact) mass is 331 g/mol. The molecule has 1 fully saturated rings. The summed E-state index contributed by atoms with van der Waals surface area (Å²) >= 11 is 0. The molecule has 1 aromatic rings. The van der Waals surface area contributed by atoms with Gasteiger partial charge in [0.2, 0.25) is 5.43 Å². The predicted molar refractivity (Wildman–Crippen MR) is 90.5 cm³/mol. The quantitative estimate of drug-likeness (QED) is 0.787. The van der Waals surface area contributed by atoms with Crippen molar-refractivity contribution < 1.29 is 9.53 Å². The SMILES string of the molecule is CCCCOc1c2n3c(cc1=O)CCC3C1N(C)CCCN1C2=O. The lowest BCUT2D eigenvalue weighted by molar-refractivity contribution is -0.0152. The van der Waals surface area contributed by atoms with Crippen molar-refractivity contribution in [1.82, 2.24) is 14.4 Å². The van der Waals surface area contributed by atoms with Gasteiger partial charge < -0.3 is 14.2 Å². The van der Waals surface area contributed by atoms with Crippen molar-refractivity contribution in [3.63, 3.8) is 0 Å². The Kier molecular flexibility index (Phi) is 3.87. The van der Waals surface area contributed by atoms with E-state index in [1.165, 1.54) is 0 Å². The number of fused-ring (bicyclic) bond motifs is 2. The normalized spacial score (nSPS) is 25.6. The summed E-state index contributed by atoms with van der Waals surface area (Å²) in [6.45, 7) is 4.34. The highest BCUT2D eigenvalue weighted by atomic mass is 16.5. The van der Waals surface area contributed by atoms with Gasteiger partial charge in [-0.2, -0.15) is 0 Å². The smallest absolute Gasteiger partial charge is 0.275 e. The lowest BCUT2D eigenvalue weighted by Crippen LogP contribution is -2.61. The number of ether oxygens (including phenoxy) is 1. The van der Waals surface area contributed by atoms with Crippen molar-refractivity contribution in [2.75, 3.05) is 26.7 Å². The van der Waals surface area contributed by atoms with E-state index in [4.69, 9.17) is 4.74 Å². The van der Waals surface area contributed by atoms with Gasteiger partial charge in [-0.15, -0.1) is 0 Å². The maximum Gasteiger partial charge on any atom is 0.275 e. The van der Waals surface area contributed by atoms with Crippen molar-refractivity contribution in [2.45, 2.75) is 51.2 Å². The summed E-state index contributed by atoms with van der Waals surface area (Å²) in [7, 11) is 2.09. The molecule has 0 bridgehead atoms. The van der Waals surface area contributed by atoms with E-state index >= 15 is 0 Å². The summed E-state index contributed by atoms with van der Waals surface area (Å²) in [5.74, 6) is 0.214. The van der Waals surface area contributed by atoms with E-state index in [2.05, 4.69) is 23.4 Å². The van der Waals surface area contributed by atoms with Gasteiger partial charge in [-0.1, -0.05) is 13.3 Å². The second-order valence-electron chi connectivity index (χ2n) is 7.10. The lowest BCUT2D eigenvalue weighted by atomic mass is 10.0. The zero-order valence-electron chi connectivity index (χ0n) is 14.5. The topological polar surface area (TPSA) is 54.8 Å². The van der Waals surface area contributed by atoms with E-state index < -0.39 is 0 Å². The Hall–Kier alpha value is -1.82. The number of carbonyl (C=O) groups is 1. The molecule has 3 aliphatic heterocycles. The molecule has 0 N–H and O–H groups in total. The number of aryl methyl sites for hydroxylation is 1. The van der Waals surface area contributed by atoms with E-state index in [0.717, 1.165) is 50.9 Å². The molecule has 4 heterocycles. The van der Waals surface area contributed by atoms with Gasteiger partial charge in [0.05, 0.1) is 12.6 Å². The number of likely N-dealkylation sites (N-methyl/N-ethyl adjacent to an activating group) is 1. The minimum atomic E-state index is -0.148. The van der Waals surface area contributed by atoms with Crippen molar-refractivity contribution in [3.05, 3.63) is 27.7 Å². The van der Waals surface area contributed by atoms with Crippen LogP contribution in [-0.4, -0.2) is 53.2 Å². The largest absolute Gasteiger partial charge is 0.487 e. The lowest BCUT2D eigenvalue weighted by Gasteiger charge is -2.49. The first-order valence-corrected chi connectivity index (χ1v) is 9.06. The van der Waals surface area contributed by atoms with E-state index in [1.54, 1.807) is 6.07 Å². The zero-order chi connectivity index (χ0) is 16.8. The van der Waals surface area contributed by atoms with E-state index in [0.29, 0.717) is 12.3 Å². The predicted octanol–water partition coefficient (Wildman–Crippen LogP) is 1.63. The summed E-state index contributed by atoms with van der Waals surface area (Å²) in [5.41, 5.74) is 1.32. The molecule has 0 aromatic carbocycles. The Morgan fingerprint density at radius 2 is 2.12 bits per heavy atom. The van der Waals surface area contributed by atoms with Gasteiger partial charge in [0.25, 0.3) is 5.91 Å². The average Bonchev–Trinajstić information content (AvgIpc) is 2.97. The molecule has 0 aliphatic carbocycles. The molecule has 0 saturated carbocycles. The zero-order valence-corrected chi connectivity index (χ0v) is 14.5. The van der Waals surface area contributed by atoms with Gasteiger partial charge in [0.1, 0.15) is 6.17 Å². The number of carbonyl (C=O) groups excluding carboxylic acids is 1. The maximum atomic E-state index is 13.2. The van der Waals surface area contributed by atoms with Crippen molar-refractivity contribution >= 4 is 5.91 Å². The van der Waals surface area contributed by atoms with Gasteiger partial charge in [-0.25, -0.2) is 0 Å². The Bertz CT molecular complexity index is 727. The van der Waals surface area contributed by atoms with E-state index in [1.807, 2.05) is 4.90 Å². The van der Waals surface area contributed by atoms with Crippen LogP contribution in [0.3, 0.4) is 0 Å². The van der Waals surface area contributed by atoms with Crippen LogP contribution in [0.1, 0.15) is 54.8 Å². The first-order valence-electron chi connectivity index (χ1n) is 9.06. The van der Waals surface area contributed by atoms with Gasteiger partial charge >= 0.3 is 0 Å². The first kappa shape index (κ1) is 15.7. The number of unbranched alkanes of at least 4 members (excludes halogenated alkanes) is 1. The molecule has 1 aromatic heterocycles. The molecular formula is C18H25N3O3. The Labute approximate surface area is 142 Å². The highest BCUT2D eigenvalue weighted by Crippen LogP contribution is 2.41.